The topological polar surface area (TPSA) is 0 Å². The summed E-state index contributed by atoms with van der Waals surface area (Å²) < 4.78 is 0. The second kappa shape index (κ2) is 3.46. The van der Waals surface area contributed by atoms with E-state index < -0.39 is 7.94 Å². The Balaban J connectivity index is 2.32. The molecule has 4 heavy (non-hydrogen) atoms. The fourth-order valence-electron chi connectivity index (χ4n) is 0. The maximum atomic E-state index is 3.32. The van der Waals surface area contributed by atoms with Gasteiger partial charge in [-0.05, 0) is 0 Å². The van der Waals surface area contributed by atoms with E-state index in [9.17, 15) is 0 Å². The predicted molar refractivity (Wildman–Crippen MR) is 31.9 cm³/mol. The molecule has 26 valence electrons. The van der Waals surface area contributed by atoms with E-state index in [0.717, 1.165) is 0 Å². The summed E-state index contributed by atoms with van der Waals surface area (Å²) in [4.78, 5) is 0. The first-order valence-corrected chi connectivity index (χ1v) is 11.9. The molecule has 0 radical (unpaired) electrons. The molecule has 0 unspecified atom stereocenters. The molecule has 0 amide bonds. The number of halogens is 3. The summed E-state index contributed by atoms with van der Waals surface area (Å²) >= 11 is 8.96. The van der Waals surface area contributed by atoms with Crippen LogP contribution in [0.4, 0.5) is 0 Å². The van der Waals surface area contributed by atoms with Crippen LogP contribution in [0.15, 0.2) is 0 Å². The summed E-state index contributed by atoms with van der Waals surface area (Å²) in [5.74, 6) is 0. The second-order valence-electron chi connectivity index (χ2n) is 0.192. The van der Waals surface area contributed by atoms with Crippen molar-refractivity contribution in [3.63, 3.8) is 0 Å². The van der Waals surface area contributed by atoms with Crippen LogP contribution in [0.2, 0.25) is 0 Å². The first kappa shape index (κ1) is 6.27. The fourth-order valence-corrected chi connectivity index (χ4v) is 0. The molecule has 0 aliphatic carbocycles. The van der Waals surface area contributed by atoms with Crippen molar-refractivity contribution in [2.75, 3.05) is 0 Å². The van der Waals surface area contributed by atoms with Crippen molar-refractivity contribution in [1.82, 2.24) is 0 Å². The quantitative estimate of drug-likeness (QED) is 0.596. The van der Waals surface area contributed by atoms with Crippen molar-refractivity contribution >= 4 is 47.6 Å². The van der Waals surface area contributed by atoms with Crippen LogP contribution in [0.25, 0.3) is 0 Å². The zero-order valence-corrected chi connectivity index (χ0v) is 8.31. The van der Waals surface area contributed by atoms with Gasteiger partial charge >= 0.3 is 55.5 Å². The Labute approximate surface area is 54.6 Å². The second-order valence-corrected chi connectivity index (χ2v) is 25.5. The van der Waals surface area contributed by atoms with Crippen LogP contribution in [0, 0.1) is 0 Å². The molecule has 0 aliphatic heterocycles. The van der Waals surface area contributed by atoms with Gasteiger partial charge in [0, 0.05) is 0 Å². The summed E-state index contributed by atoms with van der Waals surface area (Å²) in [6.07, 6.45) is 0. The first-order valence-electron chi connectivity index (χ1n) is 0.507. The monoisotopic (exact) mass is 336 g/mol. The third kappa shape index (κ3) is 8.86. The Morgan fingerprint density at radius 1 is 1.50 bits per heavy atom. The van der Waals surface area contributed by atoms with Gasteiger partial charge < -0.3 is 0 Å². The van der Waals surface area contributed by atoms with Crippen molar-refractivity contribution in [3.05, 3.63) is 0 Å². The van der Waals surface area contributed by atoms with Gasteiger partial charge in [0.25, 0.3) is 0 Å². The van der Waals surface area contributed by atoms with Crippen molar-refractivity contribution in [3.8, 4) is 0 Å². The predicted octanol–water partition coefficient (Wildman–Crippen LogP) is 2.57. The van der Waals surface area contributed by atoms with Crippen molar-refractivity contribution in [1.29, 1.82) is 0 Å². The number of hydrogen-bond donors (Lipinski definition) is 0. The van der Waals surface area contributed by atoms with E-state index in [1.54, 1.807) is 0 Å². The van der Waals surface area contributed by atoms with Gasteiger partial charge in [0.05, 0.1) is 0 Å². The Morgan fingerprint density at radius 3 is 1.50 bits per heavy atom. The molecule has 0 fully saturated rings. The third-order valence-corrected chi connectivity index (χ3v) is 0. The summed E-state index contributed by atoms with van der Waals surface area (Å²) in [5, 5.41) is 0. The van der Waals surface area contributed by atoms with Gasteiger partial charge in [0.15, 0.2) is 0 Å². The molecule has 0 spiro atoms. The molecule has 0 bridgehead atoms. The van der Waals surface area contributed by atoms with E-state index in [-0.39, 0.29) is 0 Å². The van der Waals surface area contributed by atoms with Crippen LogP contribution in [-0.2, 0) is 7.94 Å². The SMILES string of the molecule is [Br][V]([Br])[I]. The molecular weight excluding hydrogens is 338 g/mol. The maximum absolute atomic E-state index is 3.32. The van der Waals surface area contributed by atoms with Gasteiger partial charge in [-0.3, -0.25) is 0 Å². The third-order valence-electron chi connectivity index (χ3n) is 0. The van der Waals surface area contributed by atoms with Crippen molar-refractivity contribution in [2.45, 2.75) is 0 Å². The van der Waals surface area contributed by atoms with Crippen LogP contribution in [0.1, 0.15) is 0 Å². The van der Waals surface area contributed by atoms with Crippen LogP contribution in [0.5, 0.6) is 0 Å². The Bertz CT molecular complexity index is 10.8. The summed E-state index contributed by atoms with van der Waals surface area (Å²) in [7, 11) is -0.592. The van der Waals surface area contributed by atoms with E-state index in [2.05, 4.69) is 47.6 Å². The minimum absolute atomic E-state index is 0.592. The minimum atomic E-state index is -0.592. The van der Waals surface area contributed by atoms with E-state index in [0.29, 0.717) is 0 Å². The van der Waals surface area contributed by atoms with E-state index in [1.807, 2.05) is 0 Å². The van der Waals surface area contributed by atoms with Gasteiger partial charge in [-0.1, -0.05) is 0 Å². The van der Waals surface area contributed by atoms with E-state index >= 15 is 0 Å². The van der Waals surface area contributed by atoms with Gasteiger partial charge in [-0.15, -0.1) is 0 Å². The fraction of sp³-hybridized carbons (Fsp3) is 0. The molecule has 4 heteroatoms. The zero-order valence-electron chi connectivity index (χ0n) is 1.58. The zero-order chi connectivity index (χ0) is 3.58. The molecule has 0 nitrogen and oxygen atoms in total. The average molecular weight is 338 g/mol. The van der Waals surface area contributed by atoms with Gasteiger partial charge in [-0.25, -0.2) is 0 Å². The Kier molecular flexibility index (Phi) is 5.43. The van der Waals surface area contributed by atoms with Crippen LogP contribution < -0.4 is 0 Å². The van der Waals surface area contributed by atoms with Crippen molar-refractivity contribution < 1.29 is 7.94 Å². The summed E-state index contributed by atoms with van der Waals surface area (Å²) in [6, 6.07) is 0. The molecule has 0 rings (SSSR count). The molecule has 0 saturated heterocycles. The Morgan fingerprint density at radius 2 is 1.50 bits per heavy atom. The molecule has 0 aliphatic rings. The first-order chi connectivity index (χ1) is 1.73. The summed E-state index contributed by atoms with van der Waals surface area (Å²) in [5.41, 5.74) is 0. The normalized spacial score (nSPS) is 9.00. The van der Waals surface area contributed by atoms with Crippen LogP contribution >= 0.6 is 47.6 Å². The molecular formula is Br2IV. The van der Waals surface area contributed by atoms with Crippen LogP contribution in [0.3, 0.4) is 0 Å². The van der Waals surface area contributed by atoms with Gasteiger partial charge in [-0.2, -0.15) is 0 Å². The molecule has 0 aromatic heterocycles. The molecule has 0 N–H and O–H groups in total. The number of rotatable bonds is 0. The van der Waals surface area contributed by atoms with E-state index in [4.69, 9.17) is 0 Å². The molecule has 0 aromatic rings. The standard InChI is InChI=1S/2BrH.HI.V/h3*1H;/q;;;+3/p-3. The molecule has 0 atom stereocenters. The molecule has 0 aromatic carbocycles. The summed E-state index contributed by atoms with van der Waals surface area (Å²) in [6.45, 7) is 0. The molecule has 0 heterocycles. The van der Waals surface area contributed by atoms with Crippen molar-refractivity contribution in [2.24, 2.45) is 0 Å². The van der Waals surface area contributed by atoms with Gasteiger partial charge in [0.2, 0.25) is 0 Å². The Hall–Kier alpha value is 2.27. The van der Waals surface area contributed by atoms with Gasteiger partial charge in [0.1, 0.15) is 0 Å². The van der Waals surface area contributed by atoms with E-state index in [1.165, 1.54) is 0 Å². The molecule has 0 saturated carbocycles. The van der Waals surface area contributed by atoms with Crippen LogP contribution in [-0.4, -0.2) is 0 Å². The average Bonchev–Trinajstić information content (AvgIpc) is 0.811. The number of hydrogen-bond acceptors (Lipinski definition) is 0.